The molecule has 1 nitrogen and oxygen atoms in total. The lowest BCUT2D eigenvalue weighted by Gasteiger charge is -2.07. The Bertz CT molecular complexity index is 196. The molecule has 3 heteroatoms. The molecule has 1 aromatic heterocycles. The van der Waals surface area contributed by atoms with Crippen LogP contribution in [0.25, 0.3) is 0 Å². The van der Waals surface area contributed by atoms with Gasteiger partial charge in [-0.05, 0) is 12.3 Å². The van der Waals surface area contributed by atoms with Gasteiger partial charge in [0.15, 0.2) is 0 Å². The quantitative estimate of drug-likeness (QED) is 0.664. The van der Waals surface area contributed by atoms with Crippen LogP contribution in [0, 0.1) is 5.92 Å². The van der Waals surface area contributed by atoms with Gasteiger partial charge in [0.25, 0.3) is 0 Å². The number of aromatic nitrogens is 1. The maximum Gasteiger partial charge on any atom is 0.110 e. The first-order valence-electron chi connectivity index (χ1n) is 3.73. The maximum atomic E-state index is 6.09. The van der Waals surface area contributed by atoms with Gasteiger partial charge in [0, 0.05) is 11.6 Å². The maximum absolute atomic E-state index is 6.09. The fraction of sp³-hybridized carbons (Fsp3) is 0.625. The van der Waals surface area contributed by atoms with Crippen molar-refractivity contribution in [2.24, 2.45) is 5.92 Å². The summed E-state index contributed by atoms with van der Waals surface area (Å²) in [7, 11) is 0. The van der Waals surface area contributed by atoms with Gasteiger partial charge < -0.3 is 0 Å². The van der Waals surface area contributed by atoms with Crippen LogP contribution in [-0.2, 0) is 0 Å². The third kappa shape index (κ3) is 2.80. The van der Waals surface area contributed by atoms with E-state index in [9.17, 15) is 0 Å². The highest BCUT2D eigenvalue weighted by atomic mass is 35.5. The first kappa shape index (κ1) is 9.01. The van der Waals surface area contributed by atoms with E-state index in [1.54, 1.807) is 17.5 Å². The Hall–Kier alpha value is -0.0800. The minimum absolute atomic E-state index is 0.106. The van der Waals surface area contributed by atoms with Gasteiger partial charge in [-0.3, -0.25) is 0 Å². The van der Waals surface area contributed by atoms with Crippen LogP contribution in [-0.4, -0.2) is 4.98 Å². The first-order chi connectivity index (χ1) is 5.20. The number of rotatable bonds is 3. The third-order valence-corrected chi connectivity index (χ3v) is 2.80. The molecule has 0 fully saturated rings. The van der Waals surface area contributed by atoms with Crippen molar-refractivity contribution in [3.63, 3.8) is 0 Å². The van der Waals surface area contributed by atoms with E-state index in [1.807, 2.05) is 5.38 Å². The van der Waals surface area contributed by atoms with Gasteiger partial charge in [-0.2, -0.15) is 0 Å². The largest absolute Gasteiger partial charge is 0.248 e. The van der Waals surface area contributed by atoms with Crippen molar-refractivity contribution in [3.05, 3.63) is 16.6 Å². The number of halogens is 1. The number of nitrogens with zero attached hydrogens (tertiary/aromatic N) is 1. The lowest BCUT2D eigenvalue weighted by atomic mass is 10.1. The van der Waals surface area contributed by atoms with Crippen molar-refractivity contribution in [2.45, 2.75) is 25.6 Å². The molecule has 0 aliphatic carbocycles. The van der Waals surface area contributed by atoms with E-state index in [0.717, 1.165) is 11.4 Å². The Morgan fingerprint density at radius 2 is 2.36 bits per heavy atom. The Balaban J connectivity index is 2.49. The second-order valence-corrected chi connectivity index (χ2v) is 4.42. The van der Waals surface area contributed by atoms with E-state index >= 15 is 0 Å². The van der Waals surface area contributed by atoms with E-state index in [2.05, 4.69) is 18.8 Å². The van der Waals surface area contributed by atoms with E-state index < -0.39 is 0 Å². The molecular weight excluding hydrogens is 178 g/mol. The van der Waals surface area contributed by atoms with Crippen LogP contribution < -0.4 is 0 Å². The summed E-state index contributed by atoms with van der Waals surface area (Å²) in [5, 5.41) is 3.11. The molecule has 0 saturated heterocycles. The molecule has 0 radical (unpaired) electrons. The molecule has 0 aliphatic rings. The van der Waals surface area contributed by atoms with Crippen LogP contribution >= 0.6 is 22.9 Å². The molecule has 0 N–H and O–H groups in total. The predicted octanol–water partition coefficient (Wildman–Crippen LogP) is 3.47. The zero-order valence-electron chi connectivity index (χ0n) is 6.75. The molecule has 0 amide bonds. The normalized spacial score (nSPS) is 13.8. The van der Waals surface area contributed by atoms with E-state index in [-0.39, 0.29) is 5.38 Å². The van der Waals surface area contributed by atoms with Crippen LogP contribution in [0.1, 0.15) is 30.7 Å². The number of hydrogen-bond donors (Lipinski definition) is 0. The molecular formula is C8H12ClNS. The molecule has 62 valence electrons. The highest BCUT2D eigenvalue weighted by Crippen LogP contribution is 2.28. The van der Waals surface area contributed by atoms with E-state index in [4.69, 9.17) is 11.6 Å². The second-order valence-electron chi connectivity index (χ2n) is 2.97. The topological polar surface area (TPSA) is 12.9 Å². The smallest absolute Gasteiger partial charge is 0.110 e. The SMILES string of the molecule is CC(C)CC(Cl)c1nccs1. The Morgan fingerprint density at radius 3 is 2.82 bits per heavy atom. The highest BCUT2D eigenvalue weighted by molar-refractivity contribution is 7.09. The monoisotopic (exact) mass is 189 g/mol. The van der Waals surface area contributed by atoms with Gasteiger partial charge in [-0.1, -0.05) is 13.8 Å². The molecule has 0 spiro atoms. The highest BCUT2D eigenvalue weighted by Gasteiger charge is 2.11. The molecule has 1 aromatic rings. The van der Waals surface area contributed by atoms with Crippen LogP contribution in [0.3, 0.4) is 0 Å². The summed E-state index contributed by atoms with van der Waals surface area (Å²) in [5.41, 5.74) is 0. The molecule has 1 rings (SSSR count). The second kappa shape index (κ2) is 4.07. The lowest BCUT2D eigenvalue weighted by Crippen LogP contribution is -1.95. The van der Waals surface area contributed by atoms with E-state index in [1.165, 1.54) is 0 Å². The summed E-state index contributed by atoms with van der Waals surface area (Å²) in [4.78, 5) is 4.16. The molecule has 0 saturated carbocycles. The van der Waals surface area contributed by atoms with Gasteiger partial charge in [0.1, 0.15) is 5.01 Å². The van der Waals surface area contributed by atoms with Gasteiger partial charge in [-0.25, -0.2) is 4.98 Å². The molecule has 0 bridgehead atoms. The number of hydrogen-bond acceptors (Lipinski definition) is 2. The van der Waals surface area contributed by atoms with Crippen LogP contribution in [0.2, 0.25) is 0 Å². The fourth-order valence-electron chi connectivity index (χ4n) is 0.904. The lowest BCUT2D eigenvalue weighted by molar-refractivity contribution is 0.574. The van der Waals surface area contributed by atoms with Crippen molar-refractivity contribution in [1.82, 2.24) is 4.98 Å². The van der Waals surface area contributed by atoms with Crippen LogP contribution in [0.15, 0.2) is 11.6 Å². The molecule has 1 unspecified atom stereocenters. The zero-order chi connectivity index (χ0) is 8.27. The van der Waals surface area contributed by atoms with Gasteiger partial charge in [-0.15, -0.1) is 22.9 Å². The zero-order valence-corrected chi connectivity index (χ0v) is 8.32. The summed E-state index contributed by atoms with van der Waals surface area (Å²) in [6.45, 7) is 4.34. The van der Waals surface area contributed by atoms with E-state index in [0.29, 0.717) is 5.92 Å². The van der Waals surface area contributed by atoms with Gasteiger partial charge >= 0.3 is 0 Å². The van der Waals surface area contributed by atoms with Crippen molar-refractivity contribution < 1.29 is 0 Å². The van der Waals surface area contributed by atoms with Crippen molar-refractivity contribution in [3.8, 4) is 0 Å². The minimum Gasteiger partial charge on any atom is -0.248 e. The minimum atomic E-state index is 0.106. The van der Waals surface area contributed by atoms with Crippen LogP contribution in [0.4, 0.5) is 0 Å². The predicted molar refractivity (Wildman–Crippen MR) is 50.2 cm³/mol. The van der Waals surface area contributed by atoms with Crippen molar-refractivity contribution >= 4 is 22.9 Å². The van der Waals surface area contributed by atoms with Gasteiger partial charge in [0.2, 0.25) is 0 Å². The molecule has 0 aromatic carbocycles. The Labute approximate surface area is 76.4 Å². The average molecular weight is 190 g/mol. The first-order valence-corrected chi connectivity index (χ1v) is 5.05. The summed E-state index contributed by atoms with van der Waals surface area (Å²) >= 11 is 7.72. The number of thiazole rings is 1. The third-order valence-electron chi connectivity index (χ3n) is 1.40. The van der Waals surface area contributed by atoms with Crippen LogP contribution in [0.5, 0.6) is 0 Å². The average Bonchev–Trinajstić information content (AvgIpc) is 2.35. The standard InChI is InChI=1S/C8H12ClNS/c1-6(2)5-7(9)8-10-3-4-11-8/h3-4,6-7H,5H2,1-2H3. The van der Waals surface area contributed by atoms with Crippen molar-refractivity contribution in [2.75, 3.05) is 0 Å². The summed E-state index contributed by atoms with van der Waals surface area (Å²) < 4.78 is 0. The molecule has 11 heavy (non-hydrogen) atoms. The Kier molecular flexibility index (Phi) is 3.34. The summed E-state index contributed by atoms with van der Waals surface area (Å²) in [5.74, 6) is 0.640. The molecule has 1 atom stereocenters. The van der Waals surface area contributed by atoms with Gasteiger partial charge in [0.05, 0.1) is 5.38 Å². The summed E-state index contributed by atoms with van der Waals surface area (Å²) in [6, 6.07) is 0. The fourth-order valence-corrected chi connectivity index (χ4v) is 2.10. The number of alkyl halides is 1. The summed E-state index contributed by atoms with van der Waals surface area (Å²) in [6.07, 6.45) is 2.81. The Morgan fingerprint density at radius 1 is 1.64 bits per heavy atom. The van der Waals surface area contributed by atoms with Crippen molar-refractivity contribution in [1.29, 1.82) is 0 Å². The molecule has 0 aliphatic heterocycles. The molecule has 1 heterocycles.